The van der Waals surface area contributed by atoms with Crippen molar-refractivity contribution in [3.05, 3.63) is 28.2 Å². The van der Waals surface area contributed by atoms with Gasteiger partial charge in [0.2, 0.25) is 11.8 Å². The summed E-state index contributed by atoms with van der Waals surface area (Å²) in [5.41, 5.74) is 1.72. The van der Waals surface area contributed by atoms with E-state index in [1.54, 1.807) is 0 Å². The maximum Gasteiger partial charge on any atom is 0.243 e. The fourth-order valence-corrected chi connectivity index (χ4v) is 2.24. The number of aryl methyl sites for hydroxylation is 1. The topological polar surface area (TPSA) is 70.2 Å². The second kappa shape index (κ2) is 9.12. The van der Waals surface area contributed by atoms with Crippen LogP contribution in [0.4, 0.5) is 5.69 Å². The number of carbonyl (C=O) groups excluding carboxylic acids is 2. The first-order chi connectivity index (χ1) is 10.0. The van der Waals surface area contributed by atoms with Gasteiger partial charge in [-0.1, -0.05) is 22.0 Å². The predicted molar refractivity (Wildman–Crippen MR) is 93.4 cm³/mol. The van der Waals surface area contributed by atoms with Gasteiger partial charge < -0.3 is 16.0 Å². The molecule has 5 nitrogen and oxygen atoms in total. The molecule has 0 heterocycles. The van der Waals surface area contributed by atoms with Crippen molar-refractivity contribution < 1.29 is 9.59 Å². The van der Waals surface area contributed by atoms with Crippen LogP contribution in [0, 0.1) is 12.8 Å². The van der Waals surface area contributed by atoms with Crippen LogP contribution < -0.4 is 16.0 Å². The van der Waals surface area contributed by atoms with Crippen molar-refractivity contribution >= 4 is 45.8 Å². The highest BCUT2D eigenvalue weighted by molar-refractivity contribution is 9.10. The fourth-order valence-electron chi connectivity index (χ4n) is 1.88. The summed E-state index contributed by atoms with van der Waals surface area (Å²) in [7, 11) is 0. The Bertz CT molecular complexity index is 536. The highest BCUT2D eigenvalue weighted by Gasteiger charge is 2.20. The molecule has 1 aliphatic carbocycles. The Morgan fingerprint density at radius 1 is 1.23 bits per heavy atom. The van der Waals surface area contributed by atoms with E-state index in [2.05, 4.69) is 31.9 Å². The highest BCUT2D eigenvalue weighted by Crippen LogP contribution is 2.27. The molecule has 1 aliphatic rings. The molecule has 1 aromatic carbocycles. The smallest absolute Gasteiger partial charge is 0.243 e. The van der Waals surface area contributed by atoms with Crippen LogP contribution >= 0.6 is 28.3 Å². The SMILES string of the molecule is Cc1ccc(Br)cc1NC(=O)CNC(=O)CNCC1CC1.Cl. The third kappa shape index (κ3) is 6.77. The molecule has 0 aliphatic heterocycles. The van der Waals surface area contributed by atoms with Crippen LogP contribution in [0.15, 0.2) is 22.7 Å². The molecule has 2 amide bonds. The lowest BCUT2D eigenvalue weighted by Gasteiger charge is -2.10. The van der Waals surface area contributed by atoms with Crippen molar-refractivity contribution in [2.75, 3.05) is 25.0 Å². The van der Waals surface area contributed by atoms with Gasteiger partial charge in [0.1, 0.15) is 0 Å². The van der Waals surface area contributed by atoms with E-state index in [1.165, 1.54) is 12.8 Å². The maximum absolute atomic E-state index is 11.8. The minimum atomic E-state index is -0.230. The van der Waals surface area contributed by atoms with Gasteiger partial charge in [0.15, 0.2) is 0 Å². The molecule has 122 valence electrons. The zero-order valence-electron chi connectivity index (χ0n) is 12.4. The molecule has 0 saturated heterocycles. The fraction of sp³-hybridized carbons (Fsp3) is 0.467. The first kappa shape index (κ1) is 18.9. The molecule has 0 bridgehead atoms. The summed E-state index contributed by atoms with van der Waals surface area (Å²) in [6.07, 6.45) is 2.51. The van der Waals surface area contributed by atoms with Crippen molar-refractivity contribution in [2.24, 2.45) is 5.92 Å². The van der Waals surface area contributed by atoms with Gasteiger partial charge in [-0.15, -0.1) is 12.4 Å². The second-order valence-corrected chi connectivity index (χ2v) is 6.27. The number of benzene rings is 1. The van der Waals surface area contributed by atoms with E-state index < -0.39 is 0 Å². The molecule has 1 saturated carbocycles. The van der Waals surface area contributed by atoms with Gasteiger partial charge in [0.05, 0.1) is 13.1 Å². The summed E-state index contributed by atoms with van der Waals surface area (Å²) < 4.78 is 0.900. The Kier molecular flexibility index (Phi) is 7.85. The number of carbonyl (C=O) groups is 2. The van der Waals surface area contributed by atoms with Gasteiger partial charge in [-0.2, -0.15) is 0 Å². The van der Waals surface area contributed by atoms with Gasteiger partial charge in [-0.05, 0) is 49.9 Å². The molecule has 1 fully saturated rings. The first-order valence-electron chi connectivity index (χ1n) is 7.08. The Morgan fingerprint density at radius 2 is 1.95 bits per heavy atom. The molecule has 3 N–H and O–H groups in total. The third-order valence-electron chi connectivity index (χ3n) is 3.34. The first-order valence-corrected chi connectivity index (χ1v) is 7.87. The van der Waals surface area contributed by atoms with E-state index in [4.69, 9.17) is 0 Å². The maximum atomic E-state index is 11.8. The quantitative estimate of drug-likeness (QED) is 0.669. The van der Waals surface area contributed by atoms with Crippen molar-refractivity contribution in [1.82, 2.24) is 10.6 Å². The lowest BCUT2D eigenvalue weighted by atomic mass is 10.2. The van der Waals surface area contributed by atoms with Crippen LogP contribution in [-0.4, -0.2) is 31.4 Å². The van der Waals surface area contributed by atoms with E-state index in [9.17, 15) is 9.59 Å². The van der Waals surface area contributed by atoms with Crippen LogP contribution in [0.2, 0.25) is 0 Å². The standard InChI is InChI=1S/C15H20BrN3O2.ClH/c1-10-2-5-12(16)6-13(10)19-15(21)9-18-14(20)8-17-7-11-3-4-11;/h2,5-6,11,17H,3-4,7-9H2,1H3,(H,18,20)(H,19,21);1H. The molecule has 22 heavy (non-hydrogen) atoms. The molecule has 0 spiro atoms. The Balaban J connectivity index is 0.00000242. The zero-order valence-corrected chi connectivity index (χ0v) is 14.9. The van der Waals surface area contributed by atoms with Crippen molar-refractivity contribution in [2.45, 2.75) is 19.8 Å². The van der Waals surface area contributed by atoms with Crippen LogP contribution in [0.1, 0.15) is 18.4 Å². The molecule has 2 rings (SSSR count). The monoisotopic (exact) mass is 389 g/mol. The summed E-state index contributed by atoms with van der Waals surface area (Å²) in [6, 6.07) is 5.67. The zero-order chi connectivity index (χ0) is 15.2. The summed E-state index contributed by atoms with van der Waals surface area (Å²) in [4.78, 5) is 23.4. The van der Waals surface area contributed by atoms with E-state index in [-0.39, 0.29) is 37.3 Å². The Hall–Kier alpha value is -1.11. The average molecular weight is 391 g/mol. The van der Waals surface area contributed by atoms with Gasteiger partial charge in [-0.3, -0.25) is 9.59 Å². The molecular weight excluding hydrogens is 370 g/mol. The summed E-state index contributed by atoms with van der Waals surface area (Å²) in [5.74, 6) is 0.351. The van der Waals surface area contributed by atoms with Gasteiger partial charge in [0, 0.05) is 10.2 Å². The van der Waals surface area contributed by atoms with E-state index >= 15 is 0 Å². The molecule has 0 radical (unpaired) electrons. The molecular formula is C15H21BrClN3O2. The number of nitrogens with one attached hydrogen (secondary N) is 3. The van der Waals surface area contributed by atoms with Gasteiger partial charge in [0.25, 0.3) is 0 Å². The minimum Gasteiger partial charge on any atom is -0.346 e. The van der Waals surface area contributed by atoms with Crippen LogP contribution in [-0.2, 0) is 9.59 Å². The summed E-state index contributed by atoms with van der Waals surface area (Å²) >= 11 is 3.36. The third-order valence-corrected chi connectivity index (χ3v) is 3.83. The minimum absolute atomic E-state index is 0. The predicted octanol–water partition coefficient (Wildman–Crippen LogP) is 2.23. The van der Waals surface area contributed by atoms with Crippen molar-refractivity contribution in [3.63, 3.8) is 0 Å². The lowest BCUT2D eigenvalue weighted by molar-refractivity contribution is -0.123. The van der Waals surface area contributed by atoms with E-state index in [1.807, 2.05) is 25.1 Å². The van der Waals surface area contributed by atoms with Crippen molar-refractivity contribution in [3.8, 4) is 0 Å². The van der Waals surface area contributed by atoms with Gasteiger partial charge >= 0.3 is 0 Å². The molecule has 0 atom stereocenters. The molecule has 7 heteroatoms. The van der Waals surface area contributed by atoms with Gasteiger partial charge in [-0.25, -0.2) is 0 Å². The van der Waals surface area contributed by atoms with Crippen molar-refractivity contribution in [1.29, 1.82) is 0 Å². The number of anilines is 1. The van der Waals surface area contributed by atoms with E-state index in [0.717, 1.165) is 28.2 Å². The van der Waals surface area contributed by atoms with Crippen LogP contribution in [0.3, 0.4) is 0 Å². The highest BCUT2D eigenvalue weighted by atomic mass is 79.9. The number of rotatable bonds is 7. The van der Waals surface area contributed by atoms with Crippen LogP contribution in [0.25, 0.3) is 0 Å². The lowest BCUT2D eigenvalue weighted by Crippen LogP contribution is -2.39. The summed E-state index contributed by atoms with van der Waals surface area (Å²) in [6.45, 7) is 3.05. The number of halogens is 2. The average Bonchev–Trinajstić information content (AvgIpc) is 3.25. The molecule has 1 aromatic rings. The number of hydrogen-bond acceptors (Lipinski definition) is 3. The van der Waals surface area contributed by atoms with E-state index in [0.29, 0.717) is 0 Å². The number of hydrogen-bond donors (Lipinski definition) is 3. The normalized spacial score (nSPS) is 13.2. The second-order valence-electron chi connectivity index (χ2n) is 5.36. The Labute approximate surface area is 145 Å². The molecule has 0 unspecified atom stereocenters. The number of amides is 2. The van der Waals surface area contributed by atoms with Crippen LogP contribution in [0.5, 0.6) is 0 Å². The largest absolute Gasteiger partial charge is 0.346 e. The summed E-state index contributed by atoms with van der Waals surface area (Å²) in [5, 5.41) is 8.48. The molecule has 0 aromatic heterocycles. The Morgan fingerprint density at radius 3 is 2.64 bits per heavy atom.